The van der Waals surface area contributed by atoms with Gasteiger partial charge in [0.15, 0.2) is 0 Å². The molecule has 0 amide bonds. The van der Waals surface area contributed by atoms with Crippen molar-refractivity contribution in [3.05, 3.63) is 0 Å². The first-order chi connectivity index (χ1) is 4.68. The van der Waals surface area contributed by atoms with E-state index < -0.39 is 10.8 Å². The van der Waals surface area contributed by atoms with Crippen LogP contribution in [-0.4, -0.2) is 52.0 Å². The van der Waals surface area contributed by atoms with E-state index >= 15 is 0 Å². The fourth-order valence-electron chi connectivity index (χ4n) is 0.983. The standard InChI is InChI=1S/C6H13NO2S/c1-10(9)3-2-7-4-6(8)5-7/h6,8H,2-5H2,1H3. The lowest BCUT2D eigenvalue weighted by Crippen LogP contribution is -2.51. The summed E-state index contributed by atoms with van der Waals surface area (Å²) in [6.07, 6.45) is 1.57. The number of aliphatic hydroxyl groups is 1. The van der Waals surface area contributed by atoms with Gasteiger partial charge in [0, 0.05) is 42.4 Å². The highest BCUT2D eigenvalue weighted by Crippen LogP contribution is 2.05. The molecule has 0 spiro atoms. The van der Waals surface area contributed by atoms with Crippen LogP contribution in [0.15, 0.2) is 0 Å². The Kier molecular flexibility index (Phi) is 2.82. The van der Waals surface area contributed by atoms with Gasteiger partial charge in [-0.3, -0.25) is 9.11 Å². The summed E-state index contributed by atoms with van der Waals surface area (Å²) in [5, 5.41) is 8.87. The quantitative estimate of drug-likeness (QED) is 0.582. The second-order valence-electron chi connectivity index (χ2n) is 2.69. The zero-order valence-corrected chi connectivity index (χ0v) is 6.93. The van der Waals surface area contributed by atoms with Crippen LogP contribution in [-0.2, 0) is 10.8 Å². The largest absolute Gasteiger partial charge is 0.390 e. The molecule has 0 aromatic rings. The lowest BCUT2D eigenvalue weighted by Gasteiger charge is -2.35. The van der Waals surface area contributed by atoms with Crippen molar-refractivity contribution in [3.8, 4) is 0 Å². The first-order valence-electron chi connectivity index (χ1n) is 3.39. The molecule has 60 valence electrons. The van der Waals surface area contributed by atoms with Crippen LogP contribution < -0.4 is 0 Å². The summed E-state index contributed by atoms with van der Waals surface area (Å²) in [5.41, 5.74) is 0. The molecule has 1 aliphatic heterocycles. The Bertz CT molecular complexity index is 134. The Morgan fingerprint density at radius 1 is 1.70 bits per heavy atom. The zero-order chi connectivity index (χ0) is 7.56. The average Bonchev–Trinajstić information content (AvgIpc) is 1.77. The van der Waals surface area contributed by atoms with Gasteiger partial charge in [-0.15, -0.1) is 0 Å². The van der Waals surface area contributed by atoms with E-state index in [4.69, 9.17) is 5.11 Å². The summed E-state index contributed by atoms with van der Waals surface area (Å²) in [5.74, 6) is 0.729. The molecule has 1 N–H and O–H groups in total. The molecule has 1 rings (SSSR count). The third kappa shape index (κ3) is 2.36. The normalized spacial score (nSPS) is 24.2. The van der Waals surface area contributed by atoms with Crippen LogP contribution in [0.3, 0.4) is 0 Å². The maximum absolute atomic E-state index is 10.6. The molecule has 0 aromatic heterocycles. The number of β-amino-alcohol motifs (C(OH)–C–C–N with tert-alkyl or cyclic N) is 1. The van der Waals surface area contributed by atoms with E-state index in [0.717, 1.165) is 25.4 Å². The van der Waals surface area contributed by atoms with Crippen LogP contribution in [0.5, 0.6) is 0 Å². The highest BCUT2D eigenvalue weighted by Gasteiger charge is 2.23. The molecule has 0 radical (unpaired) electrons. The molecule has 1 saturated heterocycles. The molecule has 4 heteroatoms. The van der Waals surface area contributed by atoms with Gasteiger partial charge in [-0.05, 0) is 0 Å². The molecule has 0 bridgehead atoms. The van der Waals surface area contributed by atoms with Crippen molar-refractivity contribution in [1.82, 2.24) is 4.90 Å². The molecule has 1 atom stereocenters. The van der Waals surface area contributed by atoms with E-state index in [1.807, 2.05) is 0 Å². The highest BCUT2D eigenvalue weighted by molar-refractivity contribution is 7.84. The summed E-state index contributed by atoms with van der Waals surface area (Å²) >= 11 is 0. The number of likely N-dealkylation sites (tertiary alicyclic amines) is 1. The Hall–Kier alpha value is 0.0700. The fraction of sp³-hybridized carbons (Fsp3) is 1.00. The highest BCUT2D eigenvalue weighted by atomic mass is 32.2. The number of nitrogens with zero attached hydrogens (tertiary/aromatic N) is 1. The van der Waals surface area contributed by atoms with Crippen LogP contribution in [0.25, 0.3) is 0 Å². The summed E-state index contributed by atoms with van der Waals surface area (Å²) in [7, 11) is -0.688. The second-order valence-corrected chi connectivity index (χ2v) is 4.25. The molecule has 1 heterocycles. The monoisotopic (exact) mass is 163 g/mol. The Morgan fingerprint density at radius 2 is 2.30 bits per heavy atom. The minimum Gasteiger partial charge on any atom is -0.390 e. The molecule has 3 nitrogen and oxygen atoms in total. The van der Waals surface area contributed by atoms with Crippen LogP contribution >= 0.6 is 0 Å². The molecule has 1 unspecified atom stereocenters. The minimum absolute atomic E-state index is 0.134. The van der Waals surface area contributed by atoms with E-state index in [2.05, 4.69) is 4.90 Å². The lowest BCUT2D eigenvalue weighted by molar-refractivity contribution is 0.00636. The van der Waals surface area contributed by atoms with Crippen molar-refractivity contribution in [2.75, 3.05) is 31.6 Å². The van der Waals surface area contributed by atoms with Gasteiger partial charge in [0.1, 0.15) is 0 Å². The van der Waals surface area contributed by atoms with E-state index in [1.165, 1.54) is 0 Å². The van der Waals surface area contributed by atoms with Gasteiger partial charge >= 0.3 is 0 Å². The number of hydrogen-bond donors (Lipinski definition) is 1. The van der Waals surface area contributed by atoms with Crippen LogP contribution in [0.1, 0.15) is 0 Å². The van der Waals surface area contributed by atoms with Crippen LogP contribution in [0.4, 0.5) is 0 Å². The number of aliphatic hydroxyl groups excluding tert-OH is 1. The fourth-order valence-corrected chi connectivity index (χ4v) is 1.50. The molecule has 0 aromatic carbocycles. The lowest BCUT2D eigenvalue weighted by atomic mass is 10.2. The van der Waals surface area contributed by atoms with Crippen molar-refractivity contribution in [2.45, 2.75) is 6.10 Å². The average molecular weight is 163 g/mol. The molecule has 1 aliphatic rings. The number of rotatable bonds is 3. The third-order valence-corrected chi connectivity index (χ3v) is 2.39. The van der Waals surface area contributed by atoms with Gasteiger partial charge in [-0.1, -0.05) is 0 Å². The van der Waals surface area contributed by atoms with Crippen molar-refractivity contribution in [2.24, 2.45) is 0 Å². The predicted octanol–water partition coefficient (Wildman–Crippen LogP) is -0.959. The van der Waals surface area contributed by atoms with Gasteiger partial charge in [-0.2, -0.15) is 0 Å². The predicted molar refractivity (Wildman–Crippen MR) is 41.4 cm³/mol. The van der Waals surface area contributed by atoms with E-state index in [-0.39, 0.29) is 6.10 Å². The first-order valence-corrected chi connectivity index (χ1v) is 5.11. The molecule has 10 heavy (non-hydrogen) atoms. The Morgan fingerprint density at radius 3 is 2.70 bits per heavy atom. The van der Waals surface area contributed by atoms with Gasteiger partial charge < -0.3 is 5.11 Å². The summed E-state index contributed by atoms with van der Waals surface area (Å²) < 4.78 is 10.6. The first kappa shape index (κ1) is 8.17. The SMILES string of the molecule is CS(=O)CCN1CC(O)C1. The van der Waals surface area contributed by atoms with Crippen LogP contribution in [0, 0.1) is 0 Å². The topological polar surface area (TPSA) is 40.5 Å². The number of hydrogen-bond acceptors (Lipinski definition) is 3. The minimum atomic E-state index is -0.688. The summed E-state index contributed by atoms with van der Waals surface area (Å²) in [4.78, 5) is 2.10. The third-order valence-electron chi connectivity index (χ3n) is 1.63. The van der Waals surface area contributed by atoms with E-state index in [1.54, 1.807) is 6.26 Å². The Balaban J connectivity index is 2.00. The van der Waals surface area contributed by atoms with Gasteiger partial charge in [0.2, 0.25) is 0 Å². The zero-order valence-electron chi connectivity index (χ0n) is 6.12. The maximum Gasteiger partial charge on any atom is 0.0793 e. The van der Waals surface area contributed by atoms with E-state index in [0.29, 0.717) is 0 Å². The smallest absolute Gasteiger partial charge is 0.0793 e. The molecule has 1 fully saturated rings. The molecular weight excluding hydrogens is 150 g/mol. The van der Waals surface area contributed by atoms with E-state index in [9.17, 15) is 4.21 Å². The van der Waals surface area contributed by atoms with Gasteiger partial charge in [0.25, 0.3) is 0 Å². The van der Waals surface area contributed by atoms with Gasteiger partial charge in [-0.25, -0.2) is 0 Å². The van der Waals surface area contributed by atoms with Gasteiger partial charge in [0.05, 0.1) is 6.10 Å². The Labute approximate surface area is 63.5 Å². The molecular formula is C6H13NO2S. The van der Waals surface area contributed by atoms with Crippen LogP contribution in [0.2, 0.25) is 0 Å². The van der Waals surface area contributed by atoms with Crippen molar-refractivity contribution >= 4 is 10.8 Å². The summed E-state index contributed by atoms with van der Waals surface area (Å²) in [6.45, 7) is 2.38. The van der Waals surface area contributed by atoms with Crippen molar-refractivity contribution in [1.29, 1.82) is 0 Å². The summed E-state index contributed by atoms with van der Waals surface area (Å²) in [6, 6.07) is 0. The second kappa shape index (κ2) is 3.46. The maximum atomic E-state index is 10.6. The molecule has 0 saturated carbocycles. The van der Waals surface area contributed by atoms with Crippen molar-refractivity contribution in [3.63, 3.8) is 0 Å². The van der Waals surface area contributed by atoms with Crippen molar-refractivity contribution < 1.29 is 9.32 Å². The molecule has 0 aliphatic carbocycles.